The lowest BCUT2D eigenvalue weighted by Gasteiger charge is -2.13. The van der Waals surface area contributed by atoms with Crippen LogP contribution in [0.1, 0.15) is 23.7 Å². The van der Waals surface area contributed by atoms with Crippen LogP contribution in [-0.4, -0.2) is 23.0 Å². The molecule has 0 spiro atoms. The van der Waals surface area contributed by atoms with Crippen molar-refractivity contribution in [1.29, 1.82) is 0 Å². The zero-order valence-electron chi connectivity index (χ0n) is 9.34. The minimum atomic E-state index is -1.38. The maximum absolute atomic E-state index is 13.2. The molecule has 0 aliphatic heterocycles. The number of carbonyl (C=O) groups excluding carboxylic acids is 1. The van der Waals surface area contributed by atoms with E-state index >= 15 is 0 Å². The molecule has 0 saturated carbocycles. The van der Waals surface area contributed by atoms with Crippen LogP contribution in [0.15, 0.2) is 12.1 Å². The first kappa shape index (κ1) is 14.0. The van der Waals surface area contributed by atoms with E-state index in [-0.39, 0.29) is 6.42 Å². The standard InChI is InChI=1S/C11H10F3NO3/c1-2-8(11(17)18)15-10(16)9-6(13)3-5(12)4-7(9)14/h3-4,8H,2H2,1H3,(H,15,16)(H,17,18)/t8-/m1/s1. The first-order valence-corrected chi connectivity index (χ1v) is 5.05. The fraction of sp³-hybridized carbons (Fsp3) is 0.273. The van der Waals surface area contributed by atoms with Crippen LogP contribution in [0, 0.1) is 17.5 Å². The van der Waals surface area contributed by atoms with Gasteiger partial charge in [-0.15, -0.1) is 0 Å². The molecular formula is C11H10F3NO3. The van der Waals surface area contributed by atoms with Crippen molar-refractivity contribution < 1.29 is 27.9 Å². The second kappa shape index (κ2) is 5.52. The monoisotopic (exact) mass is 261 g/mol. The lowest BCUT2D eigenvalue weighted by Crippen LogP contribution is -2.40. The van der Waals surface area contributed by atoms with Crippen molar-refractivity contribution in [2.45, 2.75) is 19.4 Å². The number of amides is 1. The Kier molecular flexibility index (Phi) is 4.30. The summed E-state index contributed by atoms with van der Waals surface area (Å²) in [6, 6.07) is -0.569. The summed E-state index contributed by atoms with van der Waals surface area (Å²) in [6.07, 6.45) is 0.0471. The molecule has 2 N–H and O–H groups in total. The van der Waals surface area contributed by atoms with Crippen molar-refractivity contribution in [1.82, 2.24) is 5.32 Å². The Morgan fingerprint density at radius 3 is 2.17 bits per heavy atom. The average molecular weight is 261 g/mol. The highest BCUT2D eigenvalue weighted by atomic mass is 19.1. The van der Waals surface area contributed by atoms with Crippen LogP contribution < -0.4 is 5.32 Å². The van der Waals surface area contributed by atoms with Gasteiger partial charge in [0.2, 0.25) is 0 Å². The molecule has 0 aromatic heterocycles. The Bertz CT molecular complexity index is 467. The van der Waals surface area contributed by atoms with Crippen LogP contribution in [0.5, 0.6) is 0 Å². The number of carbonyl (C=O) groups is 2. The Balaban J connectivity index is 3.01. The molecule has 98 valence electrons. The molecule has 0 saturated heterocycles. The molecule has 0 aliphatic carbocycles. The quantitative estimate of drug-likeness (QED) is 0.866. The molecular weight excluding hydrogens is 251 g/mol. The first-order valence-electron chi connectivity index (χ1n) is 5.05. The second-order valence-electron chi connectivity index (χ2n) is 3.52. The van der Waals surface area contributed by atoms with Gasteiger partial charge in [-0.1, -0.05) is 6.92 Å². The number of hydrogen-bond donors (Lipinski definition) is 2. The highest BCUT2D eigenvalue weighted by Crippen LogP contribution is 2.14. The van der Waals surface area contributed by atoms with Gasteiger partial charge in [-0.05, 0) is 6.42 Å². The highest BCUT2D eigenvalue weighted by Gasteiger charge is 2.23. The Labute approximate surface area is 100 Å². The van der Waals surface area contributed by atoms with Gasteiger partial charge in [-0.2, -0.15) is 0 Å². The summed E-state index contributed by atoms with van der Waals surface area (Å²) in [5.41, 5.74) is -1.00. The van der Waals surface area contributed by atoms with E-state index in [1.54, 1.807) is 0 Å². The lowest BCUT2D eigenvalue weighted by molar-refractivity contribution is -0.139. The van der Waals surface area contributed by atoms with Crippen molar-refractivity contribution >= 4 is 11.9 Å². The molecule has 0 unspecified atom stereocenters. The summed E-state index contributed by atoms with van der Waals surface area (Å²) in [7, 11) is 0. The number of rotatable bonds is 4. The normalized spacial score (nSPS) is 12.0. The number of benzene rings is 1. The van der Waals surface area contributed by atoms with E-state index < -0.39 is 40.9 Å². The minimum Gasteiger partial charge on any atom is -0.480 e. The molecule has 1 amide bonds. The second-order valence-corrected chi connectivity index (χ2v) is 3.52. The largest absolute Gasteiger partial charge is 0.480 e. The van der Waals surface area contributed by atoms with Gasteiger partial charge in [0.25, 0.3) is 5.91 Å². The summed E-state index contributed by atoms with van der Waals surface area (Å²) < 4.78 is 39.1. The summed E-state index contributed by atoms with van der Waals surface area (Å²) in [4.78, 5) is 22.2. The van der Waals surface area contributed by atoms with Crippen LogP contribution in [-0.2, 0) is 4.79 Å². The molecule has 18 heavy (non-hydrogen) atoms. The predicted octanol–water partition coefficient (Wildman–Crippen LogP) is 1.70. The first-order chi connectivity index (χ1) is 8.36. The van der Waals surface area contributed by atoms with E-state index in [4.69, 9.17) is 5.11 Å². The van der Waals surface area contributed by atoms with Gasteiger partial charge in [0, 0.05) is 12.1 Å². The highest BCUT2D eigenvalue weighted by molar-refractivity contribution is 5.97. The summed E-state index contributed by atoms with van der Waals surface area (Å²) in [5, 5.41) is 10.6. The van der Waals surface area contributed by atoms with Crippen LogP contribution in [0.25, 0.3) is 0 Å². The third-order valence-corrected chi connectivity index (χ3v) is 2.25. The molecule has 4 nitrogen and oxygen atoms in total. The summed E-state index contributed by atoms with van der Waals surface area (Å²) in [6.45, 7) is 1.48. The lowest BCUT2D eigenvalue weighted by atomic mass is 10.1. The van der Waals surface area contributed by atoms with Gasteiger partial charge in [0.15, 0.2) is 0 Å². The third kappa shape index (κ3) is 2.99. The number of nitrogens with one attached hydrogen (secondary N) is 1. The molecule has 7 heteroatoms. The summed E-state index contributed by atoms with van der Waals surface area (Å²) in [5.74, 6) is -6.49. The van der Waals surface area contributed by atoms with Gasteiger partial charge >= 0.3 is 5.97 Å². The maximum atomic E-state index is 13.2. The van der Waals surface area contributed by atoms with Crippen LogP contribution in [0.4, 0.5) is 13.2 Å². The van der Waals surface area contributed by atoms with Crippen molar-refractivity contribution in [3.05, 3.63) is 35.1 Å². The Morgan fingerprint density at radius 1 is 1.28 bits per heavy atom. The summed E-state index contributed by atoms with van der Waals surface area (Å²) >= 11 is 0. The van der Waals surface area contributed by atoms with Crippen molar-refractivity contribution in [3.63, 3.8) is 0 Å². The molecule has 1 aromatic rings. The number of carboxylic acids is 1. The molecule has 1 atom stereocenters. The van der Waals surface area contributed by atoms with Crippen molar-refractivity contribution in [2.24, 2.45) is 0 Å². The Hall–Kier alpha value is -2.05. The number of aliphatic carboxylic acids is 1. The van der Waals surface area contributed by atoms with Crippen LogP contribution in [0.3, 0.4) is 0 Å². The molecule has 1 aromatic carbocycles. The van der Waals surface area contributed by atoms with E-state index in [1.165, 1.54) is 6.92 Å². The Morgan fingerprint density at radius 2 is 1.78 bits per heavy atom. The molecule has 1 rings (SSSR count). The van der Waals surface area contributed by atoms with Gasteiger partial charge in [-0.25, -0.2) is 18.0 Å². The van der Waals surface area contributed by atoms with E-state index in [2.05, 4.69) is 0 Å². The smallest absolute Gasteiger partial charge is 0.326 e. The van der Waals surface area contributed by atoms with Gasteiger partial charge in [0.05, 0.1) is 0 Å². The van der Waals surface area contributed by atoms with Gasteiger partial charge in [0.1, 0.15) is 29.1 Å². The predicted molar refractivity (Wildman–Crippen MR) is 55.5 cm³/mol. The van der Waals surface area contributed by atoms with Gasteiger partial charge < -0.3 is 10.4 Å². The fourth-order valence-electron chi connectivity index (χ4n) is 1.33. The van der Waals surface area contributed by atoms with Gasteiger partial charge in [-0.3, -0.25) is 4.79 Å². The zero-order valence-corrected chi connectivity index (χ0v) is 9.34. The molecule has 0 radical (unpaired) electrons. The maximum Gasteiger partial charge on any atom is 0.326 e. The SMILES string of the molecule is CC[C@@H](NC(=O)c1c(F)cc(F)cc1F)C(=O)O. The molecule has 0 heterocycles. The topological polar surface area (TPSA) is 66.4 Å². The molecule has 0 fully saturated rings. The van der Waals surface area contributed by atoms with E-state index in [0.29, 0.717) is 12.1 Å². The molecule has 0 bridgehead atoms. The van der Waals surface area contributed by atoms with Crippen molar-refractivity contribution in [3.8, 4) is 0 Å². The fourth-order valence-corrected chi connectivity index (χ4v) is 1.33. The van der Waals surface area contributed by atoms with Crippen LogP contribution in [0.2, 0.25) is 0 Å². The third-order valence-electron chi connectivity index (χ3n) is 2.25. The average Bonchev–Trinajstić information content (AvgIpc) is 2.23. The number of carboxylic acid groups (broad SMARTS) is 1. The number of halogens is 3. The van der Waals surface area contributed by atoms with E-state index in [1.807, 2.05) is 5.32 Å². The zero-order chi connectivity index (χ0) is 13.9. The van der Waals surface area contributed by atoms with E-state index in [0.717, 1.165) is 0 Å². The van der Waals surface area contributed by atoms with Crippen LogP contribution >= 0.6 is 0 Å². The van der Waals surface area contributed by atoms with Crippen molar-refractivity contribution in [2.75, 3.05) is 0 Å². The van der Waals surface area contributed by atoms with E-state index in [9.17, 15) is 22.8 Å². The number of hydrogen-bond acceptors (Lipinski definition) is 2. The molecule has 0 aliphatic rings. The minimum absolute atomic E-state index is 0.0471.